The lowest BCUT2D eigenvalue weighted by molar-refractivity contribution is -0.132. The van der Waals surface area contributed by atoms with Crippen molar-refractivity contribution >= 4 is 18.1 Å². The number of carbonyl (C=O) groups excluding carboxylic acids is 1. The predicted octanol–water partition coefficient (Wildman–Crippen LogP) is 0.0114. The first kappa shape index (κ1) is 8.68. The van der Waals surface area contributed by atoms with Crippen LogP contribution in [0.4, 0.5) is 0 Å². The van der Waals surface area contributed by atoms with Crippen molar-refractivity contribution in [3.05, 3.63) is 23.5 Å². The summed E-state index contributed by atoms with van der Waals surface area (Å²) in [7, 11) is 1.71. The Kier molecular flexibility index (Phi) is 1.73. The van der Waals surface area contributed by atoms with Gasteiger partial charge in [-0.25, -0.2) is 9.79 Å². The van der Waals surface area contributed by atoms with Crippen LogP contribution in [0, 0.1) is 5.92 Å². The van der Waals surface area contributed by atoms with Crippen LogP contribution in [-0.4, -0.2) is 35.1 Å². The van der Waals surface area contributed by atoms with Gasteiger partial charge in [0, 0.05) is 25.2 Å². The van der Waals surface area contributed by atoms with Crippen molar-refractivity contribution in [3.8, 4) is 0 Å². The molecule has 0 fully saturated rings. The summed E-state index contributed by atoms with van der Waals surface area (Å²) in [6, 6.07) is 0. The summed E-state index contributed by atoms with van der Waals surface area (Å²) >= 11 is 0. The van der Waals surface area contributed by atoms with E-state index in [0.29, 0.717) is 5.70 Å². The molecule has 0 spiro atoms. The van der Waals surface area contributed by atoms with Gasteiger partial charge in [-0.15, -0.1) is 0 Å². The van der Waals surface area contributed by atoms with E-state index in [1.54, 1.807) is 24.2 Å². The number of nitrogens with zero attached hydrogens (tertiary/aromatic N) is 2. The zero-order valence-corrected chi connectivity index (χ0v) is 7.47. The molecule has 5 nitrogen and oxygen atoms in total. The second kappa shape index (κ2) is 2.80. The smallest absolute Gasteiger partial charge is 0.339 e. The first-order valence-corrected chi connectivity index (χ1v) is 4.08. The molecule has 0 aromatic carbocycles. The fraction of sp³-hybridized carbons (Fsp3) is 0.222. The molecule has 0 aromatic heterocycles. The summed E-state index contributed by atoms with van der Waals surface area (Å²) in [5.41, 5.74) is 0.583. The highest BCUT2D eigenvalue weighted by atomic mass is 16.4. The van der Waals surface area contributed by atoms with E-state index < -0.39 is 11.9 Å². The Morgan fingerprint density at radius 2 is 2.36 bits per heavy atom. The number of carbonyl (C=O) groups is 2. The van der Waals surface area contributed by atoms with E-state index in [4.69, 9.17) is 5.11 Å². The van der Waals surface area contributed by atoms with Crippen molar-refractivity contribution in [2.24, 2.45) is 10.9 Å². The van der Waals surface area contributed by atoms with Crippen LogP contribution in [-0.2, 0) is 9.59 Å². The number of hydrogen-bond acceptors (Lipinski definition) is 3. The van der Waals surface area contributed by atoms with Gasteiger partial charge in [0.1, 0.15) is 5.92 Å². The van der Waals surface area contributed by atoms with E-state index in [1.165, 1.54) is 0 Å². The molecule has 5 heteroatoms. The second-order valence-corrected chi connectivity index (χ2v) is 3.13. The van der Waals surface area contributed by atoms with Gasteiger partial charge in [0.2, 0.25) is 0 Å². The summed E-state index contributed by atoms with van der Waals surface area (Å²) in [6.45, 7) is 0. The topological polar surface area (TPSA) is 70.0 Å². The molecule has 0 aromatic rings. The molecule has 0 saturated carbocycles. The molecule has 2 aliphatic heterocycles. The number of aliphatic carboxylic acids is 1. The monoisotopic (exact) mass is 192 g/mol. The summed E-state index contributed by atoms with van der Waals surface area (Å²) in [6.07, 6.45) is 4.44. The number of hydrogen-bond donors (Lipinski definition) is 1. The van der Waals surface area contributed by atoms with Crippen molar-refractivity contribution in [3.63, 3.8) is 0 Å². The highest BCUT2D eigenvalue weighted by Crippen LogP contribution is 2.29. The van der Waals surface area contributed by atoms with Crippen LogP contribution in [0.2, 0.25) is 0 Å². The number of fused-ring (bicyclic) bond motifs is 1. The minimum atomic E-state index is -1.06. The maximum atomic E-state index is 11.3. The second-order valence-electron chi connectivity index (χ2n) is 3.13. The standard InChI is InChI=1S/C9H8N2O3/c1-11-3-2-5-7(11)6(9(13)14)4-10-8(5)12/h2-5H,1H3,(H,13,14). The number of carboxylic acid groups (broad SMARTS) is 1. The van der Waals surface area contributed by atoms with Crippen molar-refractivity contribution in [2.75, 3.05) is 7.05 Å². The molecule has 0 radical (unpaired) electrons. The van der Waals surface area contributed by atoms with Crippen LogP contribution < -0.4 is 0 Å². The first-order chi connectivity index (χ1) is 6.61. The van der Waals surface area contributed by atoms with Gasteiger partial charge in [-0.2, -0.15) is 0 Å². The fourth-order valence-electron chi connectivity index (χ4n) is 1.60. The summed E-state index contributed by atoms with van der Waals surface area (Å²) in [4.78, 5) is 27.3. The Balaban J connectivity index is 2.54. The number of dihydropyridines is 1. The van der Waals surface area contributed by atoms with Gasteiger partial charge in [-0.05, 0) is 6.08 Å². The molecule has 2 aliphatic rings. The van der Waals surface area contributed by atoms with Crippen LogP contribution in [0.15, 0.2) is 28.5 Å². The molecule has 0 bridgehead atoms. The van der Waals surface area contributed by atoms with E-state index in [1.807, 2.05) is 0 Å². The molecule has 72 valence electrons. The maximum Gasteiger partial charge on any atom is 0.339 e. The third-order valence-electron chi connectivity index (χ3n) is 2.27. The van der Waals surface area contributed by atoms with Crippen LogP contribution >= 0.6 is 0 Å². The highest BCUT2D eigenvalue weighted by molar-refractivity contribution is 6.15. The minimum absolute atomic E-state index is 0.0853. The Hall–Kier alpha value is -1.91. The van der Waals surface area contributed by atoms with Gasteiger partial charge >= 0.3 is 5.97 Å². The number of carboxylic acids is 1. The highest BCUT2D eigenvalue weighted by Gasteiger charge is 2.34. The molecule has 0 aliphatic carbocycles. The Morgan fingerprint density at radius 1 is 1.64 bits per heavy atom. The van der Waals surface area contributed by atoms with Crippen molar-refractivity contribution < 1.29 is 14.7 Å². The van der Waals surface area contributed by atoms with Gasteiger partial charge in [-0.3, -0.25) is 4.79 Å². The molecule has 0 saturated heterocycles. The van der Waals surface area contributed by atoms with E-state index >= 15 is 0 Å². The van der Waals surface area contributed by atoms with Crippen LogP contribution in [0.3, 0.4) is 0 Å². The van der Waals surface area contributed by atoms with Crippen LogP contribution in [0.1, 0.15) is 0 Å². The minimum Gasteiger partial charge on any atom is -0.478 e. The Bertz CT molecular complexity index is 406. The fourth-order valence-corrected chi connectivity index (χ4v) is 1.60. The number of rotatable bonds is 1. The van der Waals surface area contributed by atoms with E-state index in [-0.39, 0.29) is 11.5 Å². The van der Waals surface area contributed by atoms with Gasteiger partial charge < -0.3 is 10.0 Å². The summed E-state index contributed by atoms with van der Waals surface area (Å²) in [5.74, 6) is -1.89. The summed E-state index contributed by atoms with van der Waals surface area (Å²) < 4.78 is 0. The third kappa shape index (κ3) is 1.06. The molecule has 14 heavy (non-hydrogen) atoms. The Morgan fingerprint density at radius 3 is 3.00 bits per heavy atom. The predicted molar refractivity (Wildman–Crippen MR) is 48.6 cm³/mol. The van der Waals surface area contributed by atoms with Crippen LogP contribution in [0.25, 0.3) is 0 Å². The quantitative estimate of drug-likeness (QED) is 0.635. The lowest BCUT2D eigenvalue weighted by Gasteiger charge is -2.19. The molecule has 1 amide bonds. The van der Waals surface area contributed by atoms with Crippen molar-refractivity contribution in [1.82, 2.24) is 4.90 Å². The van der Waals surface area contributed by atoms with Gasteiger partial charge in [0.15, 0.2) is 0 Å². The average Bonchev–Trinajstić information content (AvgIpc) is 2.50. The van der Waals surface area contributed by atoms with Gasteiger partial charge in [0.05, 0.1) is 5.57 Å². The van der Waals surface area contributed by atoms with Crippen molar-refractivity contribution in [2.45, 2.75) is 0 Å². The van der Waals surface area contributed by atoms with E-state index in [0.717, 1.165) is 6.21 Å². The molecule has 1 unspecified atom stereocenters. The molecule has 2 heterocycles. The number of amides is 1. The third-order valence-corrected chi connectivity index (χ3v) is 2.27. The van der Waals surface area contributed by atoms with E-state index in [9.17, 15) is 9.59 Å². The average molecular weight is 192 g/mol. The van der Waals surface area contributed by atoms with Gasteiger partial charge in [0.25, 0.3) is 5.91 Å². The molecular weight excluding hydrogens is 184 g/mol. The maximum absolute atomic E-state index is 11.3. The molecule has 2 rings (SSSR count). The van der Waals surface area contributed by atoms with Crippen LogP contribution in [0.5, 0.6) is 0 Å². The first-order valence-electron chi connectivity index (χ1n) is 4.08. The Labute approximate surface area is 80.0 Å². The summed E-state index contributed by atoms with van der Waals surface area (Å²) in [5, 5.41) is 8.87. The molecule has 1 atom stereocenters. The normalized spacial score (nSPS) is 24.5. The SMILES string of the molecule is CN1C=CC2C(=O)N=CC(C(=O)O)=C21. The van der Waals surface area contributed by atoms with Crippen molar-refractivity contribution in [1.29, 1.82) is 0 Å². The zero-order chi connectivity index (χ0) is 10.3. The number of aliphatic imine (C=N–C) groups is 1. The lowest BCUT2D eigenvalue weighted by Crippen LogP contribution is -2.26. The molecular formula is C9H8N2O3. The largest absolute Gasteiger partial charge is 0.478 e. The lowest BCUT2D eigenvalue weighted by atomic mass is 9.99. The zero-order valence-electron chi connectivity index (χ0n) is 7.47. The molecule has 1 N–H and O–H groups in total. The van der Waals surface area contributed by atoms with Gasteiger partial charge in [-0.1, -0.05) is 0 Å². The van der Waals surface area contributed by atoms with E-state index in [2.05, 4.69) is 4.99 Å².